The molecular weight excluding hydrogens is 278 g/mol. The third-order valence-corrected chi connectivity index (χ3v) is 2.24. The molecule has 0 saturated heterocycles. The van der Waals surface area contributed by atoms with E-state index in [1.807, 2.05) is 30.3 Å². The Labute approximate surface area is 121 Å². The fourth-order valence-corrected chi connectivity index (χ4v) is 1.20. The van der Waals surface area contributed by atoms with Gasteiger partial charge in [0.1, 0.15) is 12.6 Å². The zero-order valence-corrected chi connectivity index (χ0v) is 11.4. The molecule has 0 saturated carbocycles. The van der Waals surface area contributed by atoms with E-state index in [0.717, 1.165) is 5.56 Å². The Morgan fingerprint density at radius 2 is 1.71 bits per heavy atom. The summed E-state index contributed by atoms with van der Waals surface area (Å²) in [5.74, 6) is -2.49. The van der Waals surface area contributed by atoms with Gasteiger partial charge in [-0.15, -0.1) is 0 Å². The van der Waals surface area contributed by atoms with E-state index in [-0.39, 0.29) is 13.1 Å². The maximum absolute atomic E-state index is 10.4. The first-order valence-corrected chi connectivity index (χ1v) is 6.07. The molecule has 0 unspecified atom stereocenters. The molecule has 0 spiro atoms. The van der Waals surface area contributed by atoms with E-state index in [1.165, 1.54) is 0 Å². The number of nitrogens with one attached hydrogen (secondary N) is 1. The van der Waals surface area contributed by atoms with E-state index in [1.54, 1.807) is 0 Å². The minimum Gasteiger partial charge on any atom is -0.480 e. The first kappa shape index (κ1) is 18.6. The van der Waals surface area contributed by atoms with Crippen molar-refractivity contribution in [2.45, 2.75) is 12.5 Å². The van der Waals surface area contributed by atoms with Crippen LogP contribution in [0.2, 0.25) is 0 Å². The molecule has 0 heterocycles. The number of carbonyl (C=O) groups is 3. The summed E-state index contributed by atoms with van der Waals surface area (Å²) in [5, 5.41) is 18.6. The van der Waals surface area contributed by atoms with Gasteiger partial charge in [-0.3, -0.25) is 14.4 Å². The van der Waals surface area contributed by atoms with Crippen molar-refractivity contribution in [1.29, 1.82) is 0 Å². The maximum Gasteiger partial charge on any atom is 0.322 e. The lowest BCUT2D eigenvalue weighted by Gasteiger charge is -2.04. The second-order valence-electron chi connectivity index (χ2n) is 4.01. The molecule has 0 aliphatic rings. The number of hydrogen-bond acceptors (Lipinski definition) is 5. The highest BCUT2D eigenvalue weighted by atomic mass is 16.4. The summed E-state index contributed by atoms with van der Waals surface area (Å²) in [5.41, 5.74) is 11.2. The number of rotatable bonds is 6. The molecule has 1 rings (SSSR count). The van der Waals surface area contributed by atoms with Crippen molar-refractivity contribution < 1.29 is 24.6 Å². The van der Waals surface area contributed by atoms with Crippen LogP contribution in [0.25, 0.3) is 0 Å². The summed E-state index contributed by atoms with van der Waals surface area (Å²) in [7, 11) is 0. The predicted octanol–water partition coefficient (Wildman–Crippen LogP) is -1.21. The van der Waals surface area contributed by atoms with E-state index in [9.17, 15) is 14.4 Å². The minimum absolute atomic E-state index is 0.173. The number of amides is 1. The topological polar surface area (TPSA) is 156 Å². The first-order chi connectivity index (χ1) is 9.86. The molecule has 0 bridgehead atoms. The van der Waals surface area contributed by atoms with Gasteiger partial charge in [-0.2, -0.15) is 0 Å². The van der Waals surface area contributed by atoms with Crippen LogP contribution in [0, 0.1) is 0 Å². The molecule has 1 aromatic rings. The second-order valence-corrected chi connectivity index (χ2v) is 4.01. The Morgan fingerprint density at radius 3 is 2.14 bits per heavy atom. The largest absolute Gasteiger partial charge is 0.480 e. The predicted molar refractivity (Wildman–Crippen MR) is 75.5 cm³/mol. The van der Waals surface area contributed by atoms with Crippen molar-refractivity contribution in [1.82, 2.24) is 5.32 Å². The first-order valence-electron chi connectivity index (χ1n) is 6.07. The summed E-state index contributed by atoms with van der Waals surface area (Å²) in [6.07, 6.45) is 0.385. The van der Waals surface area contributed by atoms with Gasteiger partial charge < -0.3 is 27.0 Å². The van der Waals surface area contributed by atoms with Gasteiger partial charge in [0.25, 0.3) is 0 Å². The molecular formula is C13H19N3O5. The van der Waals surface area contributed by atoms with Crippen molar-refractivity contribution in [3.63, 3.8) is 0 Å². The van der Waals surface area contributed by atoms with Crippen LogP contribution in [-0.2, 0) is 20.8 Å². The van der Waals surface area contributed by atoms with Crippen molar-refractivity contribution >= 4 is 17.8 Å². The molecule has 1 aromatic carbocycles. The Hall–Kier alpha value is -2.45. The van der Waals surface area contributed by atoms with Gasteiger partial charge >= 0.3 is 11.9 Å². The third-order valence-electron chi connectivity index (χ3n) is 2.24. The second kappa shape index (κ2) is 10.4. The molecule has 0 aliphatic carbocycles. The number of carboxylic acids is 2. The lowest BCUT2D eigenvalue weighted by atomic mass is 10.1. The van der Waals surface area contributed by atoms with Crippen LogP contribution in [0.4, 0.5) is 0 Å². The number of carbonyl (C=O) groups excluding carboxylic acids is 1. The smallest absolute Gasteiger partial charge is 0.322 e. The molecule has 0 aliphatic heterocycles. The monoisotopic (exact) mass is 297 g/mol. The normalized spacial score (nSPS) is 10.8. The molecule has 0 aromatic heterocycles. The van der Waals surface area contributed by atoms with Crippen LogP contribution in [0.1, 0.15) is 5.56 Å². The van der Waals surface area contributed by atoms with Crippen LogP contribution in [-0.4, -0.2) is 47.2 Å². The Kier molecular flexibility index (Phi) is 9.14. The van der Waals surface area contributed by atoms with E-state index in [0.29, 0.717) is 6.42 Å². The number of aliphatic carboxylic acids is 2. The van der Waals surface area contributed by atoms with Crippen molar-refractivity contribution in [2.24, 2.45) is 11.5 Å². The van der Waals surface area contributed by atoms with Gasteiger partial charge in [0.2, 0.25) is 5.91 Å². The number of nitrogens with two attached hydrogens (primary N) is 2. The number of benzene rings is 1. The van der Waals surface area contributed by atoms with Gasteiger partial charge in [0, 0.05) is 0 Å². The summed E-state index contributed by atoms with van der Waals surface area (Å²) in [6.45, 7) is -0.538. The molecule has 0 fully saturated rings. The number of hydrogen-bond donors (Lipinski definition) is 5. The Balaban J connectivity index is 0.000000400. The van der Waals surface area contributed by atoms with E-state index in [2.05, 4.69) is 5.32 Å². The van der Waals surface area contributed by atoms with Crippen LogP contribution >= 0.6 is 0 Å². The summed E-state index contributed by atoms with van der Waals surface area (Å²) in [6, 6.07) is 8.54. The van der Waals surface area contributed by atoms with E-state index in [4.69, 9.17) is 21.7 Å². The highest BCUT2D eigenvalue weighted by Gasteiger charge is 2.10. The quantitative estimate of drug-likeness (QED) is 0.441. The zero-order valence-electron chi connectivity index (χ0n) is 11.4. The fraction of sp³-hybridized carbons (Fsp3) is 0.308. The van der Waals surface area contributed by atoms with Gasteiger partial charge in [-0.25, -0.2) is 0 Å². The summed E-state index contributed by atoms with van der Waals surface area (Å²) in [4.78, 5) is 30.4. The van der Waals surface area contributed by atoms with E-state index < -0.39 is 23.9 Å². The van der Waals surface area contributed by atoms with Crippen LogP contribution in [0.5, 0.6) is 0 Å². The van der Waals surface area contributed by atoms with Gasteiger partial charge in [-0.1, -0.05) is 30.3 Å². The van der Waals surface area contributed by atoms with Gasteiger partial charge in [0.05, 0.1) is 6.54 Å². The van der Waals surface area contributed by atoms with Crippen LogP contribution in [0.3, 0.4) is 0 Å². The average Bonchev–Trinajstić information content (AvgIpc) is 2.46. The van der Waals surface area contributed by atoms with E-state index >= 15 is 0 Å². The van der Waals surface area contributed by atoms with Crippen LogP contribution < -0.4 is 16.8 Å². The lowest BCUT2D eigenvalue weighted by molar-refractivity contribution is -0.138. The van der Waals surface area contributed by atoms with Crippen molar-refractivity contribution in [3.05, 3.63) is 35.9 Å². The highest BCUT2D eigenvalue weighted by molar-refractivity contribution is 5.82. The molecule has 1 atom stereocenters. The Morgan fingerprint density at radius 1 is 1.14 bits per heavy atom. The van der Waals surface area contributed by atoms with Crippen LogP contribution in [0.15, 0.2) is 30.3 Å². The lowest BCUT2D eigenvalue weighted by Crippen LogP contribution is -2.34. The maximum atomic E-state index is 10.4. The fourth-order valence-electron chi connectivity index (χ4n) is 1.20. The molecule has 21 heavy (non-hydrogen) atoms. The average molecular weight is 297 g/mol. The third kappa shape index (κ3) is 10.0. The molecule has 8 heteroatoms. The van der Waals surface area contributed by atoms with Gasteiger partial charge in [-0.05, 0) is 12.0 Å². The SMILES string of the molecule is NCC(=O)NCC(=O)O.N[C@@H](Cc1ccccc1)C(=O)O. The van der Waals surface area contributed by atoms with Gasteiger partial charge in [0.15, 0.2) is 0 Å². The molecule has 0 radical (unpaired) electrons. The van der Waals surface area contributed by atoms with Crippen molar-refractivity contribution in [3.8, 4) is 0 Å². The minimum atomic E-state index is -1.07. The highest BCUT2D eigenvalue weighted by Crippen LogP contribution is 2.01. The molecule has 7 N–H and O–H groups in total. The molecule has 1 amide bonds. The molecule has 8 nitrogen and oxygen atoms in total. The number of carboxylic acid groups (broad SMARTS) is 2. The zero-order chi connectivity index (χ0) is 16.3. The summed E-state index contributed by atoms with van der Waals surface area (Å²) >= 11 is 0. The summed E-state index contributed by atoms with van der Waals surface area (Å²) < 4.78 is 0. The molecule has 116 valence electrons. The Bertz CT molecular complexity index is 464. The standard InChI is InChI=1S/C9H11NO2.C4H8N2O3/c10-8(9(11)12)6-7-4-2-1-3-5-7;5-1-3(7)6-2-4(8)9/h1-5,8H,6,10H2,(H,11,12);1-2,5H2,(H,6,7)(H,8,9)/t8-;/m0./s1. The van der Waals surface area contributed by atoms with Crippen molar-refractivity contribution in [2.75, 3.05) is 13.1 Å².